The summed E-state index contributed by atoms with van der Waals surface area (Å²) in [5.74, 6) is 0.178. The van der Waals surface area contributed by atoms with Gasteiger partial charge in [-0.15, -0.1) is 0 Å². The fourth-order valence-electron chi connectivity index (χ4n) is 1.56. The highest BCUT2D eigenvalue weighted by molar-refractivity contribution is 5.69. The predicted molar refractivity (Wildman–Crippen MR) is 62.1 cm³/mol. The van der Waals surface area contributed by atoms with E-state index in [1.165, 1.54) is 0 Å². The molecule has 0 fully saturated rings. The number of H-pyrrole nitrogens is 1. The maximum atomic E-state index is 11.3. The van der Waals surface area contributed by atoms with Gasteiger partial charge in [0.1, 0.15) is 5.75 Å². The van der Waals surface area contributed by atoms with Crippen LogP contribution in [0.15, 0.2) is 41.3 Å². The van der Waals surface area contributed by atoms with Crippen molar-refractivity contribution in [2.45, 2.75) is 6.54 Å². The first-order valence-electron chi connectivity index (χ1n) is 4.92. The number of aromatic hydroxyl groups is 1. The Labute approximate surface area is 92.4 Å². The zero-order valence-electron chi connectivity index (χ0n) is 8.60. The molecular formula is C12H12N2O2. The standard InChI is InChI=1S/C12H12N2O2/c13-6-8-5-9(7-14-12(8)16)10-3-1-2-4-11(10)15/h1-5,7,15H,6,13H2,(H,14,16). The molecule has 0 spiro atoms. The molecule has 0 saturated carbocycles. The van der Waals surface area contributed by atoms with Crippen LogP contribution in [0.5, 0.6) is 5.75 Å². The number of phenols is 1. The van der Waals surface area contributed by atoms with E-state index in [4.69, 9.17) is 5.73 Å². The second kappa shape index (κ2) is 4.20. The molecular weight excluding hydrogens is 204 g/mol. The summed E-state index contributed by atoms with van der Waals surface area (Å²) in [6.45, 7) is 0.177. The molecule has 4 heteroatoms. The van der Waals surface area contributed by atoms with Crippen LogP contribution in [-0.4, -0.2) is 10.1 Å². The van der Waals surface area contributed by atoms with Gasteiger partial charge in [0.2, 0.25) is 0 Å². The molecule has 0 aliphatic carbocycles. The van der Waals surface area contributed by atoms with Crippen molar-refractivity contribution < 1.29 is 5.11 Å². The number of hydrogen-bond donors (Lipinski definition) is 3. The quantitative estimate of drug-likeness (QED) is 0.705. The van der Waals surface area contributed by atoms with E-state index >= 15 is 0 Å². The zero-order chi connectivity index (χ0) is 11.5. The average Bonchev–Trinajstić information content (AvgIpc) is 2.31. The summed E-state index contributed by atoms with van der Waals surface area (Å²) in [6, 6.07) is 8.64. The second-order valence-corrected chi connectivity index (χ2v) is 3.46. The van der Waals surface area contributed by atoms with E-state index in [1.807, 2.05) is 6.07 Å². The number of phenolic OH excluding ortho intramolecular Hbond substituents is 1. The minimum atomic E-state index is -0.193. The molecule has 1 heterocycles. The van der Waals surface area contributed by atoms with Gasteiger partial charge in [-0.2, -0.15) is 0 Å². The third-order valence-corrected chi connectivity index (χ3v) is 2.42. The van der Waals surface area contributed by atoms with Crippen molar-refractivity contribution in [1.29, 1.82) is 0 Å². The minimum absolute atomic E-state index is 0.177. The summed E-state index contributed by atoms with van der Waals surface area (Å²) in [6.07, 6.45) is 1.57. The van der Waals surface area contributed by atoms with Crippen LogP contribution in [-0.2, 0) is 6.54 Å². The Morgan fingerprint density at radius 1 is 1.31 bits per heavy atom. The van der Waals surface area contributed by atoms with Crippen molar-refractivity contribution >= 4 is 0 Å². The summed E-state index contributed by atoms with van der Waals surface area (Å²) >= 11 is 0. The number of nitrogens with two attached hydrogens (primary N) is 1. The number of pyridine rings is 1. The molecule has 4 nitrogen and oxygen atoms in total. The highest BCUT2D eigenvalue weighted by Crippen LogP contribution is 2.27. The number of rotatable bonds is 2. The smallest absolute Gasteiger partial charge is 0.252 e. The first-order chi connectivity index (χ1) is 7.72. The van der Waals surface area contributed by atoms with Gasteiger partial charge in [0.25, 0.3) is 5.56 Å². The van der Waals surface area contributed by atoms with Crippen molar-refractivity contribution in [3.8, 4) is 16.9 Å². The van der Waals surface area contributed by atoms with Gasteiger partial charge in [-0.05, 0) is 12.1 Å². The van der Waals surface area contributed by atoms with Crippen molar-refractivity contribution in [2.75, 3.05) is 0 Å². The lowest BCUT2D eigenvalue weighted by atomic mass is 10.1. The Balaban J connectivity index is 2.57. The zero-order valence-corrected chi connectivity index (χ0v) is 8.60. The maximum Gasteiger partial charge on any atom is 0.252 e. The van der Waals surface area contributed by atoms with Crippen LogP contribution in [0.3, 0.4) is 0 Å². The molecule has 2 aromatic rings. The van der Waals surface area contributed by atoms with Crippen molar-refractivity contribution in [3.63, 3.8) is 0 Å². The number of benzene rings is 1. The monoisotopic (exact) mass is 216 g/mol. The molecule has 0 unspecified atom stereocenters. The number of para-hydroxylation sites is 1. The maximum absolute atomic E-state index is 11.3. The lowest BCUT2D eigenvalue weighted by Gasteiger charge is -2.05. The summed E-state index contributed by atoms with van der Waals surface area (Å²) in [7, 11) is 0. The van der Waals surface area contributed by atoms with E-state index in [1.54, 1.807) is 30.5 Å². The third-order valence-electron chi connectivity index (χ3n) is 2.42. The van der Waals surface area contributed by atoms with E-state index in [9.17, 15) is 9.90 Å². The van der Waals surface area contributed by atoms with Crippen LogP contribution in [0.4, 0.5) is 0 Å². The highest BCUT2D eigenvalue weighted by atomic mass is 16.3. The van der Waals surface area contributed by atoms with Crippen LogP contribution >= 0.6 is 0 Å². The first kappa shape index (κ1) is 10.4. The molecule has 1 aromatic carbocycles. The van der Waals surface area contributed by atoms with E-state index in [0.717, 1.165) is 5.56 Å². The number of hydrogen-bond acceptors (Lipinski definition) is 3. The number of aromatic nitrogens is 1. The van der Waals surface area contributed by atoms with Crippen molar-refractivity contribution in [1.82, 2.24) is 4.98 Å². The van der Waals surface area contributed by atoms with E-state index in [-0.39, 0.29) is 17.9 Å². The van der Waals surface area contributed by atoms with Crippen LogP contribution in [0.25, 0.3) is 11.1 Å². The molecule has 0 bridgehead atoms. The summed E-state index contributed by atoms with van der Waals surface area (Å²) in [5, 5.41) is 9.67. The van der Waals surface area contributed by atoms with Gasteiger partial charge in [-0.1, -0.05) is 18.2 Å². The third kappa shape index (κ3) is 1.83. The molecule has 2 rings (SSSR count). The van der Waals surface area contributed by atoms with Crippen molar-refractivity contribution in [2.24, 2.45) is 5.73 Å². The Morgan fingerprint density at radius 2 is 2.06 bits per heavy atom. The minimum Gasteiger partial charge on any atom is -0.507 e. The first-order valence-corrected chi connectivity index (χ1v) is 4.92. The molecule has 0 aliphatic rings. The highest BCUT2D eigenvalue weighted by Gasteiger charge is 2.05. The van der Waals surface area contributed by atoms with Gasteiger partial charge in [-0.25, -0.2) is 0 Å². The van der Waals surface area contributed by atoms with Crippen LogP contribution in [0.2, 0.25) is 0 Å². The molecule has 0 aliphatic heterocycles. The van der Waals surface area contributed by atoms with Gasteiger partial charge in [-0.3, -0.25) is 4.79 Å². The second-order valence-electron chi connectivity index (χ2n) is 3.46. The summed E-state index contributed by atoms with van der Waals surface area (Å²) < 4.78 is 0. The Bertz CT molecular complexity index is 561. The molecule has 0 radical (unpaired) electrons. The van der Waals surface area contributed by atoms with E-state index in [0.29, 0.717) is 11.1 Å². The van der Waals surface area contributed by atoms with Crippen LogP contribution < -0.4 is 11.3 Å². The summed E-state index contributed by atoms with van der Waals surface area (Å²) in [4.78, 5) is 13.9. The van der Waals surface area contributed by atoms with Gasteiger partial charge in [0.15, 0.2) is 0 Å². The summed E-state index contributed by atoms with van der Waals surface area (Å²) in [5.41, 5.74) is 7.18. The van der Waals surface area contributed by atoms with Gasteiger partial charge >= 0.3 is 0 Å². The molecule has 0 amide bonds. The van der Waals surface area contributed by atoms with Crippen LogP contribution in [0.1, 0.15) is 5.56 Å². The molecule has 0 saturated heterocycles. The Morgan fingerprint density at radius 3 is 2.75 bits per heavy atom. The fraction of sp³-hybridized carbons (Fsp3) is 0.0833. The van der Waals surface area contributed by atoms with E-state index < -0.39 is 0 Å². The molecule has 16 heavy (non-hydrogen) atoms. The molecule has 4 N–H and O–H groups in total. The normalized spacial score (nSPS) is 10.3. The van der Waals surface area contributed by atoms with Gasteiger partial charge in [0.05, 0.1) is 0 Å². The lowest BCUT2D eigenvalue weighted by molar-refractivity contribution is 0.477. The molecule has 0 atom stereocenters. The van der Waals surface area contributed by atoms with Gasteiger partial charge < -0.3 is 15.8 Å². The van der Waals surface area contributed by atoms with Crippen molar-refractivity contribution in [3.05, 3.63) is 52.4 Å². The number of nitrogens with one attached hydrogen (secondary N) is 1. The lowest BCUT2D eigenvalue weighted by Crippen LogP contribution is -2.15. The largest absolute Gasteiger partial charge is 0.507 e. The Hall–Kier alpha value is -2.07. The number of aromatic amines is 1. The Kier molecular flexibility index (Phi) is 2.74. The van der Waals surface area contributed by atoms with E-state index in [2.05, 4.69) is 4.98 Å². The molecule has 1 aromatic heterocycles. The van der Waals surface area contributed by atoms with Gasteiger partial charge in [0, 0.05) is 29.4 Å². The predicted octanol–water partition coefficient (Wildman–Crippen LogP) is 1.21. The topological polar surface area (TPSA) is 79.1 Å². The fourth-order valence-corrected chi connectivity index (χ4v) is 1.56. The van der Waals surface area contributed by atoms with Crippen LogP contribution in [0, 0.1) is 0 Å². The average molecular weight is 216 g/mol. The SMILES string of the molecule is NCc1cc(-c2ccccc2O)c[nH]c1=O. The molecule has 82 valence electrons.